The highest BCUT2D eigenvalue weighted by Gasteiger charge is 2.31. The zero-order valence-corrected chi connectivity index (χ0v) is 19.8. The van der Waals surface area contributed by atoms with Crippen molar-refractivity contribution in [1.29, 1.82) is 0 Å². The van der Waals surface area contributed by atoms with Gasteiger partial charge in [-0.3, -0.25) is 19.6 Å². The molecule has 0 N–H and O–H groups in total. The van der Waals surface area contributed by atoms with Gasteiger partial charge in [0.15, 0.2) is 0 Å². The molecule has 10 nitrogen and oxygen atoms in total. The number of nitrogens with zero attached hydrogens (tertiary/aromatic N) is 5. The number of hydrogen-bond acceptors (Lipinski definition) is 7. The van der Waals surface area contributed by atoms with E-state index in [1.807, 2.05) is 0 Å². The summed E-state index contributed by atoms with van der Waals surface area (Å²) in [5.41, 5.74) is 2.23. The summed E-state index contributed by atoms with van der Waals surface area (Å²) in [4.78, 5) is 25.3. The second-order valence-corrected chi connectivity index (χ2v) is 10.9. The lowest BCUT2D eigenvalue weighted by Crippen LogP contribution is -2.50. The molecule has 0 unspecified atom stereocenters. The number of nitro groups is 1. The Labute approximate surface area is 195 Å². The summed E-state index contributed by atoms with van der Waals surface area (Å²) >= 11 is 1.18. The van der Waals surface area contributed by atoms with E-state index in [0.717, 1.165) is 5.56 Å². The van der Waals surface area contributed by atoms with E-state index in [1.54, 1.807) is 65.2 Å². The van der Waals surface area contributed by atoms with Crippen molar-refractivity contribution in [3.8, 4) is 0 Å². The highest BCUT2D eigenvalue weighted by Crippen LogP contribution is 2.24. The van der Waals surface area contributed by atoms with Crippen LogP contribution in [-0.2, 0) is 16.6 Å². The first-order chi connectivity index (χ1) is 15.7. The Morgan fingerprint density at radius 3 is 2.33 bits per heavy atom. The fourth-order valence-corrected chi connectivity index (χ4v) is 6.45. The molecule has 4 rings (SSSR count). The molecule has 1 aromatic carbocycles. The van der Waals surface area contributed by atoms with Crippen LogP contribution in [0.25, 0.3) is 0 Å². The molecule has 2 aromatic heterocycles. The minimum atomic E-state index is -3.51. The van der Waals surface area contributed by atoms with E-state index in [-0.39, 0.29) is 24.7 Å². The number of aryl methyl sites for hydroxylation is 1. The van der Waals surface area contributed by atoms with Crippen molar-refractivity contribution in [2.75, 3.05) is 26.2 Å². The van der Waals surface area contributed by atoms with Gasteiger partial charge in [-0.15, -0.1) is 11.3 Å². The number of amides is 1. The topological polar surface area (TPSA) is 119 Å². The van der Waals surface area contributed by atoms with Crippen molar-refractivity contribution in [3.05, 3.63) is 74.4 Å². The fourth-order valence-electron chi connectivity index (χ4n) is 3.88. The van der Waals surface area contributed by atoms with Crippen LogP contribution in [0.4, 0.5) is 5.69 Å². The SMILES string of the molecule is Cc1nn(Cc2ccc(C(=O)N3CCN(S(=O)(=O)c4cccs4)CC3)cc2)c(C)c1[N+](=O)[O-]. The first-order valence-electron chi connectivity index (χ1n) is 10.3. The highest BCUT2D eigenvalue weighted by molar-refractivity contribution is 7.91. The van der Waals surface area contributed by atoms with Crippen LogP contribution in [0.1, 0.15) is 27.3 Å². The van der Waals surface area contributed by atoms with Crippen molar-refractivity contribution >= 4 is 33.0 Å². The predicted octanol–water partition coefficient (Wildman–Crippen LogP) is 2.66. The van der Waals surface area contributed by atoms with Gasteiger partial charge in [-0.05, 0) is 43.0 Å². The molecule has 0 saturated carbocycles. The Hall–Kier alpha value is -3.09. The van der Waals surface area contributed by atoms with Crippen molar-refractivity contribution in [3.63, 3.8) is 0 Å². The average Bonchev–Trinajstić information content (AvgIpc) is 3.43. The van der Waals surface area contributed by atoms with Crippen LogP contribution < -0.4 is 0 Å². The molecule has 174 valence electrons. The number of thiophene rings is 1. The summed E-state index contributed by atoms with van der Waals surface area (Å²) < 4.78 is 28.6. The van der Waals surface area contributed by atoms with Gasteiger partial charge in [0.2, 0.25) is 0 Å². The van der Waals surface area contributed by atoms with Crippen LogP contribution in [0, 0.1) is 24.0 Å². The summed E-state index contributed by atoms with van der Waals surface area (Å²) in [5, 5.41) is 17.2. The largest absolute Gasteiger partial charge is 0.336 e. The number of carbonyl (C=O) groups excluding carboxylic acids is 1. The summed E-state index contributed by atoms with van der Waals surface area (Å²) in [7, 11) is -3.51. The molecule has 1 amide bonds. The van der Waals surface area contributed by atoms with E-state index >= 15 is 0 Å². The standard InChI is InChI=1S/C21H23N5O5S2/c1-15-20(26(28)29)16(2)25(22-15)14-17-5-7-18(8-6-17)21(27)23-9-11-24(12-10-23)33(30,31)19-4-3-13-32-19/h3-8,13H,9-12,14H2,1-2H3. The van der Waals surface area contributed by atoms with Crippen LogP contribution in [0.5, 0.6) is 0 Å². The van der Waals surface area contributed by atoms with E-state index < -0.39 is 14.9 Å². The van der Waals surface area contributed by atoms with Crippen LogP contribution in [-0.4, -0.2) is 64.4 Å². The second kappa shape index (κ2) is 9.04. The van der Waals surface area contributed by atoms with Crippen molar-refractivity contribution in [2.24, 2.45) is 0 Å². The van der Waals surface area contributed by atoms with E-state index in [1.165, 1.54) is 15.6 Å². The van der Waals surface area contributed by atoms with Gasteiger partial charge < -0.3 is 4.90 Å². The number of sulfonamides is 1. The van der Waals surface area contributed by atoms with Gasteiger partial charge in [-0.2, -0.15) is 9.40 Å². The number of piperazine rings is 1. The minimum Gasteiger partial charge on any atom is -0.336 e. The predicted molar refractivity (Wildman–Crippen MR) is 123 cm³/mol. The normalized spacial score (nSPS) is 15.0. The molecule has 1 saturated heterocycles. The summed E-state index contributed by atoms with van der Waals surface area (Å²) in [6.07, 6.45) is 0. The van der Waals surface area contributed by atoms with Gasteiger partial charge in [0.05, 0.1) is 11.5 Å². The van der Waals surface area contributed by atoms with Gasteiger partial charge in [0.25, 0.3) is 15.9 Å². The van der Waals surface area contributed by atoms with Crippen molar-refractivity contribution in [2.45, 2.75) is 24.6 Å². The zero-order valence-electron chi connectivity index (χ0n) is 18.2. The smallest absolute Gasteiger partial charge is 0.312 e. The fraction of sp³-hybridized carbons (Fsp3) is 0.333. The molecule has 3 aromatic rings. The third kappa shape index (κ3) is 4.54. The quantitative estimate of drug-likeness (QED) is 0.388. The number of aromatic nitrogens is 2. The van der Waals surface area contributed by atoms with Crippen LogP contribution >= 0.6 is 11.3 Å². The molecular weight excluding hydrogens is 466 g/mol. The first-order valence-corrected chi connectivity index (χ1v) is 12.6. The molecule has 1 aliphatic rings. The first kappa shape index (κ1) is 23.1. The highest BCUT2D eigenvalue weighted by atomic mass is 32.2. The molecule has 0 aliphatic carbocycles. The minimum absolute atomic E-state index is 0.0158. The van der Waals surface area contributed by atoms with E-state index in [4.69, 9.17) is 0 Å². The zero-order chi connectivity index (χ0) is 23.8. The molecule has 1 aliphatic heterocycles. The third-order valence-electron chi connectivity index (χ3n) is 5.67. The van der Waals surface area contributed by atoms with Gasteiger partial charge in [0, 0.05) is 31.7 Å². The summed E-state index contributed by atoms with van der Waals surface area (Å²) in [6.45, 7) is 4.76. The summed E-state index contributed by atoms with van der Waals surface area (Å²) in [6, 6.07) is 10.3. The molecule has 3 heterocycles. The molecule has 0 bridgehead atoms. The van der Waals surface area contributed by atoms with Crippen LogP contribution in [0.3, 0.4) is 0 Å². The molecular formula is C21H23N5O5S2. The molecule has 0 spiro atoms. The Bertz CT molecular complexity index is 1280. The van der Waals surface area contributed by atoms with Crippen molar-refractivity contribution < 1.29 is 18.1 Å². The lowest BCUT2D eigenvalue weighted by atomic mass is 10.1. The number of hydrogen-bond donors (Lipinski definition) is 0. The number of carbonyl (C=O) groups is 1. The lowest BCUT2D eigenvalue weighted by Gasteiger charge is -2.33. The molecule has 0 radical (unpaired) electrons. The average molecular weight is 490 g/mol. The maximum atomic E-state index is 12.9. The Kier molecular flexibility index (Phi) is 6.32. The Balaban J connectivity index is 1.39. The lowest BCUT2D eigenvalue weighted by molar-refractivity contribution is -0.386. The van der Waals surface area contributed by atoms with Gasteiger partial charge in [-0.1, -0.05) is 18.2 Å². The molecule has 12 heteroatoms. The molecule has 0 atom stereocenters. The van der Waals surface area contributed by atoms with E-state index in [0.29, 0.717) is 40.8 Å². The van der Waals surface area contributed by atoms with E-state index in [9.17, 15) is 23.3 Å². The van der Waals surface area contributed by atoms with Crippen LogP contribution in [0.2, 0.25) is 0 Å². The Morgan fingerprint density at radius 1 is 1.12 bits per heavy atom. The number of rotatable bonds is 6. The number of benzene rings is 1. The van der Waals surface area contributed by atoms with Crippen LogP contribution in [0.15, 0.2) is 46.0 Å². The van der Waals surface area contributed by atoms with Crippen molar-refractivity contribution in [1.82, 2.24) is 19.0 Å². The maximum absolute atomic E-state index is 12.9. The molecule has 1 fully saturated rings. The van der Waals surface area contributed by atoms with Gasteiger partial charge in [0.1, 0.15) is 15.6 Å². The third-order valence-corrected chi connectivity index (χ3v) is 8.95. The van der Waals surface area contributed by atoms with E-state index in [2.05, 4.69) is 5.10 Å². The maximum Gasteiger partial charge on any atom is 0.312 e. The van der Waals surface area contributed by atoms with Gasteiger partial charge >= 0.3 is 5.69 Å². The monoisotopic (exact) mass is 489 g/mol. The summed E-state index contributed by atoms with van der Waals surface area (Å²) in [5.74, 6) is -0.156. The second-order valence-electron chi connectivity index (χ2n) is 7.76. The molecule has 33 heavy (non-hydrogen) atoms. The Morgan fingerprint density at radius 2 is 1.79 bits per heavy atom. The van der Waals surface area contributed by atoms with Gasteiger partial charge in [-0.25, -0.2) is 8.42 Å².